The second-order valence-electron chi connectivity index (χ2n) is 3.50. The van der Waals surface area contributed by atoms with Gasteiger partial charge in [0.05, 0.1) is 0 Å². The Bertz CT molecular complexity index is 122. The summed E-state index contributed by atoms with van der Waals surface area (Å²) in [6.45, 7) is 4.53. The molecule has 3 unspecified atom stereocenters. The average molecular weight is 143 g/mol. The Hall–Kier alpha value is -0.0800. The van der Waals surface area contributed by atoms with E-state index in [2.05, 4.69) is 13.8 Å². The molecule has 3 atom stereocenters. The van der Waals surface area contributed by atoms with Gasteiger partial charge in [-0.1, -0.05) is 13.3 Å². The van der Waals surface area contributed by atoms with Crippen molar-refractivity contribution in [2.75, 3.05) is 6.61 Å². The van der Waals surface area contributed by atoms with Crippen LogP contribution < -0.4 is 5.73 Å². The molecule has 2 nitrogen and oxygen atoms in total. The minimum absolute atomic E-state index is 0.0253. The predicted octanol–water partition coefficient (Wildman–Crippen LogP) is 0.742. The average Bonchev–Trinajstić information content (AvgIpc) is 2.36. The van der Waals surface area contributed by atoms with E-state index in [1.165, 1.54) is 0 Å². The highest BCUT2D eigenvalue weighted by Crippen LogP contribution is 2.51. The van der Waals surface area contributed by atoms with E-state index in [0.29, 0.717) is 11.8 Å². The SMILES string of the molecule is CCC1C(CCO)C1(C)N. The van der Waals surface area contributed by atoms with Gasteiger partial charge in [0.25, 0.3) is 0 Å². The second kappa shape index (κ2) is 2.51. The molecule has 1 aliphatic carbocycles. The van der Waals surface area contributed by atoms with Crippen molar-refractivity contribution in [1.82, 2.24) is 0 Å². The lowest BCUT2D eigenvalue weighted by Crippen LogP contribution is -2.21. The summed E-state index contributed by atoms with van der Waals surface area (Å²) in [5, 5.41) is 8.67. The molecule has 0 aliphatic heterocycles. The number of hydrogen-bond acceptors (Lipinski definition) is 2. The molecule has 1 saturated carbocycles. The van der Waals surface area contributed by atoms with E-state index in [-0.39, 0.29) is 12.1 Å². The van der Waals surface area contributed by atoms with Crippen molar-refractivity contribution in [3.05, 3.63) is 0 Å². The topological polar surface area (TPSA) is 46.2 Å². The molecule has 1 rings (SSSR count). The molecule has 0 aromatic heterocycles. The van der Waals surface area contributed by atoms with Gasteiger partial charge in [-0.05, 0) is 25.2 Å². The largest absolute Gasteiger partial charge is 0.396 e. The van der Waals surface area contributed by atoms with E-state index >= 15 is 0 Å². The van der Waals surface area contributed by atoms with Crippen LogP contribution in [0.5, 0.6) is 0 Å². The highest BCUT2D eigenvalue weighted by molar-refractivity contribution is 5.11. The normalized spacial score (nSPS) is 45.6. The Morgan fingerprint density at radius 3 is 2.40 bits per heavy atom. The molecule has 0 aromatic rings. The van der Waals surface area contributed by atoms with Gasteiger partial charge in [0.1, 0.15) is 0 Å². The maximum atomic E-state index is 8.67. The van der Waals surface area contributed by atoms with Crippen LogP contribution in [0.4, 0.5) is 0 Å². The highest BCUT2D eigenvalue weighted by atomic mass is 16.3. The van der Waals surface area contributed by atoms with Crippen molar-refractivity contribution in [1.29, 1.82) is 0 Å². The van der Waals surface area contributed by atoms with Gasteiger partial charge in [-0.25, -0.2) is 0 Å². The van der Waals surface area contributed by atoms with Gasteiger partial charge in [-0.2, -0.15) is 0 Å². The molecule has 0 bridgehead atoms. The molecule has 0 amide bonds. The Labute approximate surface area is 62.4 Å². The molecular weight excluding hydrogens is 126 g/mol. The third-order valence-corrected chi connectivity index (χ3v) is 2.85. The van der Waals surface area contributed by atoms with Crippen molar-refractivity contribution >= 4 is 0 Å². The Balaban J connectivity index is 2.37. The lowest BCUT2D eigenvalue weighted by atomic mass is 10.2. The van der Waals surface area contributed by atoms with Gasteiger partial charge in [0.2, 0.25) is 0 Å². The van der Waals surface area contributed by atoms with E-state index in [0.717, 1.165) is 12.8 Å². The molecule has 10 heavy (non-hydrogen) atoms. The monoisotopic (exact) mass is 143 g/mol. The van der Waals surface area contributed by atoms with Crippen molar-refractivity contribution in [3.8, 4) is 0 Å². The zero-order valence-corrected chi connectivity index (χ0v) is 6.80. The number of rotatable bonds is 3. The number of nitrogens with two attached hydrogens (primary N) is 1. The summed E-state index contributed by atoms with van der Waals surface area (Å²) in [5.41, 5.74) is 5.96. The molecule has 1 fully saturated rings. The summed E-state index contributed by atoms with van der Waals surface area (Å²) in [4.78, 5) is 0. The fourth-order valence-corrected chi connectivity index (χ4v) is 2.10. The minimum Gasteiger partial charge on any atom is -0.396 e. The first-order valence-electron chi connectivity index (χ1n) is 4.04. The van der Waals surface area contributed by atoms with Gasteiger partial charge in [-0.3, -0.25) is 0 Å². The smallest absolute Gasteiger partial charge is 0.0434 e. The van der Waals surface area contributed by atoms with Crippen LogP contribution in [0.1, 0.15) is 26.7 Å². The van der Waals surface area contributed by atoms with Crippen LogP contribution in [-0.2, 0) is 0 Å². The molecule has 60 valence electrons. The summed E-state index contributed by atoms with van der Waals surface area (Å²) in [6, 6.07) is 0. The van der Waals surface area contributed by atoms with E-state index in [1.807, 2.05) is 0 Å². The summed E-state index contributed by atoms with van der Waals surface area (Å²) >= 11 is 0. The third kappa shape index (κ3) is 1.06. The number of aliphatic hydroxyl groups excluding tert-OH is 1. The lowest BCUT2D eigenvalue weighted by molar-refractivity contribution is 0.273. The quantitative estimate of drug-likeness (QED) is 0.612. The Morgan fingerprint density at radius 1 is 1.50 bits per heavy atom. The fraction of sp³-hybridized carbons (Fsp3) is 1.00. The molecule has 3 N–H and O–H groups in total. The van der Waals surface area contributed by atoms with Crippen molar-refractivity contribution in [2.24, 2.45) is 17.6 Å². The van der Waals surface area contributed by atoms with Crippen LogP contribution >= 0.6 is 0 Å². The highest BCUT2D eigenvalue weighted by Gasteiger charge is 2.56. The van der Waals surface area contributed by atoms with Crippen molar-refractivity contribution < 1.29 is 5.11 Å². The second-order valence-corrected chi connectivity index (χ2v) is 3.50. The standard InChI is InChI=1S/C8H17NO/c1-3-6-7(4-5-10)8(6,2)9/h6-7,10H,3-5,9H2,1-2H3. The summed E-state index contributed by atoms with van der Waals surface area (Å²) in [7, 11) is 0. The summed E-state index contributed by atoms with van der Waals surface area (Å²) in [5.74, 6) is 1.22. The maximum absolute atomic E-state index is 8.67. The lowest BCUT2D eigenvalue weighted by Gasteiger charge is -1.99. The summed E-state index contributed by atoms with van der Waals surface area (Å²) < 4.78 is 0. The zero-order chi connectivity index (χ0) is 7.78. The van der Waals surface area contributed by atoms with Crippen LogP contribution in [0, 0.1) is 11.8 Å². The van der Waals surface area contributed by atoms with Crippen LogP contribution in [0.2, 0.25) is 0 Å². The molecule has 0 spiro atoms. The molecule has 0 aromatic carbocycles. The first kappa shape index (κ1) is 8.02. The fourth-order valence-electron chi connectivity index (χ4n) is 2.10. The molecule has 0 radical (unpaired) electrons. The van der Waals surface area contributed by atoms with Crippen molar-refractivity contribution in [3.63, 3.8) is 0 Å². The predicted molar refractivity (Wildman–Crippen MR) is 41.6 cm³/mol. The summed E-state index contributed by atoms with van der Waals surface area (Å²) in [6.07, 6.45) is 2.03. The first-order valence-corrected chi connectivity index (χ1v) is 4.04. The van der Waals surface area contributed by atoms with Gasteiger partial charge >= 0.3 is 0 Å². The zero-order valence-electron chi connectivity index (χ0n) is 6.80. The van der Waals surface area contributed by atoms with Crippen LogP contribution in [-0.4, -0.2) is 17.3 Å². The number of hydrogen-bond donors (Lipinski definition) is 2. The molecule has 2 heteroatoms. The maximum Gasteiger partial charge on any atom is 0.0434 e. The van der Waals surface area contributed by atoms with E-state index < -0.39 is 0 Å². The van der Waals surface area contributed by atoms with Gasteiger partial charge in [-0.15, -0.1) is 0 Å². The van der Waals surface area contributed by atoms with Gasteiger partial charge in [0, 0.05) is 12.1 Å². The van der Waals surface area contributed by atoms with Crippen LogP contribution in [0.15, 0.2) is 0 Å². The van der Waals surface area contributed by atoms with E-state index in [9.17, 15) is 0 Å². The Kier molecular flexibility index (Phi) is 2.02. The molecule has 0 heterocycles. The molecular formula is C8H17NO. The third-order valence-electron chi connectivity index (χ3n) is 2.85. The van der Waals surface area contributed by atoms with Crippen LogP contribution in [0.25, 0.3) is 0 Å². The van der Waals surface area contributed by atoms with Crippen LogP contribution in [0.3, 0.4) is 0 Å². The number of aliphatic hydroxyl groups is 1. The van der Waals surface area contributed by atoms with E-state index in [1.54, 1.807) is 0 Å². The van der Waals surface area contributed by atoms with Crippen molar-refractivity contribution in [2.45, 2.75) is 32.2 Å². The van der Waals surface area contributed by atoms with Gasteiger partial charge in [0.15, 0.2) is 0 Å². The molecule has 0 saturated heterocycles. The van der Waals surface area contributed by atoms with Gasteiger partial charge < -0.3 is 10.8 Å². The minimum atomic E-state index is 0.0253. The Morgan fingerprint density at radius 2 is 2.10 bits per heavy atom. The first-order chi connectivity index (χ1) is 4.64. The van der Waals surface area contributed by atoms with E-state index in [4.69, 9.17) is 10.8 Å². The molecule has 1 aliphatic rings.